The quantitative estimate of drug-likeness (QED) is 0.712. The first-order valence-electron chi connectivity index (χ1n) is 3.85. The highest BCUT2D eigenvalue weighted by Gasteiger charge is 2.33. The van der Waals surface area contributed by atoms with Gasteiger partial charge in [0.2, 0.25) is 0 Å². The van der Waals surface area contributed by atoms with Crippen LogP contribution in [0.1, 0.15) is 12.6 Å². The normalized spacial score (nSPS) is 15.2. The molecule has 5 heteroatoms. The molecular formula is C8H12N2O3. The molecule has 1 rings (SSSR count). The van der Waals surface area contributed by atoms with Crippen LogP contribution in [0.5, 0.6) is 0 Å². The third-order valence-electron chi connectivity index (χ3n) is 1.99. The summed E-state index contributed by atoms with van der Waals surface area (Å²) in [5.41, 5.74) is -0.446. The SMILES string of the molecule is COC(C)(Cc1ccn[nH]1)C(=O)O. The summed E-state index contributed by atoms with van der Waals surface area (Å²) < 4.78 is 4.93. The summed E-state index contributed by atoms with van der Waals surface area (Å²) in [6.07, 6.45) is 1.85. The number of carbonyl (C=O) groups is 1. The van der Waals surface area contributed by atoms with Crippen LogP contribution in [-0.2, 0) is 16.0 Å². The van der Waals surface area contributed by atoms with E-state index in [2.05, 4.69) is 10.2 Å². The van der Waals surface area contributed by atoms with Crippen LogP contribution in [0.2, 0.25) is 0 Å². The Kier molecular flexibility index (Phi) is 2.67. The molecule has 0 aliphatic carbocycles. The van der Waals surface area contributed by atoms with Crippen molar-refractivity contribution in [1.82, 2.24) is 10.2 Å². The lowest BCUT2D eigenvalue weighted by molar-refractivity contribution is -0.160. The Morgan fingerprint density at radius 3 is 2.92 bits per heavy atom. The number of H-pyrrole nitrogens is 1. The van der Waals surface area contributed by atoms with Gasteiger partial charge >= 0.3 is 5.97 Å². The van der Waals surface area contributed by atoms with Crippen molar-refractivity contribution in [2.75, 3.05) is 7.11 Å². The second kappa shape index (κ2) is 3.57. The molecule has 72 valence electrons. The van der Waals surface area contributed by atoms with E-state index >= 15 is 0 Å². The third kappa shape index (κ3) is 2.06. The molecule has 5 nitrogen and oxygen atoms in total. The van der Waals surface area contributed by atoms with Crippen LogP contribution in [0.25, 0.3) is 0 Å². The molecule has 0 bridgehead atoms. The topological polar surface area (TPSA) is 75.2 Å². The minimum absolute atomic E-state index is 0.277. The van der Waals surface area contributed by atoms with Gasteiger partial charge in [0, 0.05) is 25.4 Å². The number of rotatable bonds is 4. The Hall–Kier alpha value is -1.36. The maximum atomic E-state index is 10.8. The third-order valence-corrected chi connectivity index (χ3v) is 1.99. The predicted octanol–water partition coefficient (Wildman–Crippen LogP) is 0.442. The lowest BCUT2D eigenvalue weighted by Crippen LogP contribution is -2.39. The first-order chi connectivity index (χ1) is 6.08. The van der Waals surface area contributed by atoms with Crippen molar-refractivity contribution in [3.05, 3.63) is 18.0 Å². The highest BCUT2D eigenvalue weighted by Crippen LogP contribution is 2.15. The molecule has 2 N–H and O–H groups in total. The molecule has 0 radical (unpaired) electrons. The number of aromatic amines is 1. The fourth-order valence-corrected chi connectivity index (χ4v) is 0.982. The van der Waals surface area contributed by atoms with Gasteiger partial charge in [0.05, 0.1) is 0 Å². The van der Waals surface area contributed by atoms with E-state index in [0.29, 0.717) is 0 Å². The van der Waals surface area contributed by atoms with Gasteiger partial charge in [-0.25, -0.2) is 4.79 Å². The molecule has 1 unspecified atom stereocenters. The van der Waals surface area contributed by atoms with E-state index < -0.39 is 11.6 Å². The first kappa shape index (κ1) is 9.73. The maximum Gasteiger partial charge on any atom is 0.336 e. The highest BCUT2D eigenvalue weighted by molar-refractivity contribution is 5.77. The minimum Gasteiger partial charge on any atom is -0.479 e. The van der Waals surface area contributed by atoms with Crippen molar-refractivity contribution in [2.45, 2.75) is 18.9 Å². The summed E-state index contributed by atoms with van der Waals surface area (Å²) in [4.78, 5) is 10.8. The fraction of sp³-hybridized carbons (Fsp3) is 0.500. The predicted molar refractivity (Wildman–Crippen MR) is 45.3 cm³/mol. The standard InChI is InChI=1S/C8H12N2O3/c1-8(13-2,7(11)12)5-6-3-4-9-10-6/h3-4H,5H2,1-2H3,(H,9,10)(H,11,12). The van der Waals surface area contributed by atoms with Crippen LogP contribution in [0.4, 0.5) is 0 Å². The van der Waals surface area contributed by atoms with Gasteiger partial charge in [0.1, 0.15) is 0 Å². The molecule has 0 amide bonds. The van der Waals surface area contributed by atoms with Crippen LogP contribution in [0.15, 0.2) is 12.3 Å². The van der Waals surface area contributed by atoms with Crippen molar-refractivity contribution in [2.24, 2.45) is 0 Å². The van der Waals surface area contributed by atoms with E-state index in [1.807, 2.05) is 0 Å². The van der Waals surface area contributed by atoms with Gasteiger partial charge in [-0.2, -0.15) is 5.10 Å². The monoisotopic (exact) mass is 184 g/mol. The molecule has 1 atom stereocenters. The molecule has 0 aliphatic heterocycles. The lowest BCUT2D eigenvalue weighted by Gasteiger charge is -2.21. The summed E-state index contributed by atoms with van der Waals surface area (Å²) in [6.45, 7) is 1.52. The smallest absolute Gasteiger partial charge is 0.336 e. The van der Waals surface area contributed by atoms with Crippen LogP contribution >= 0.6 is 0 Å². The zero-order valence-corrected chi connectivity index (χ0v) is 7.57. The van der Waals surface area contributed by atoms with Crippen LogP contribution in [-0.4, -0.2) is 34.0 Å². The number of methoxy groups -OCH3 is 1. The van der Waals surface area contributed by atoms with Gasteiger partial charge in [-0.3, -0.25) is 5.10 Å². The Morgan fingerprint density at radius 1 is 1.85 bits per heavy atom. The number of nitrogens with one attached hydrogen (secondary N) is 1. The average Bonchev–Trinajstić information content (AvgIpc) is 2.56. The molecule has 0 fully saturated rings. The second-order valence-electron chi connectivity index (χ2n) is 3.00. The summed E-state index contributed by atoms with van der Waals surface area (Å²) >= 11 is 0. The number of hydrogen-bond acceptors (Lipinski definition) is 3. The molecule has 0 spiro atoms. The number of aromatic nitrogens is 2. The van der Waals surface area contributed by atoms with Gasteiger partial charge in [0.25, 0.3) is 0 Å². The van der Waals surface area contributed by atoms with E-state index in [-0.39, 0.29) is 6.42 Å². The number of nitrogens with zero attached hydrogens (tertiary/aromatic N) is 1. The van der Waals surface area contributed by atoms with Crippen molar-refractivity contribution < 1.29 is 14.6 Å². The summed E-state index contributed by atoms with van der Waals surface area (Å²) in [7, 11) is 1.38. The van der Waals surface area contributed by atoms with E-state index in [1.165, 1.54) is 14.0 Å². The summed E-state index contributed by atoms with van der Waals surface area (Å²) in [5, 5.41) is 15.3. The average molecular weight is 184 g/mol. The minimum atomic E-state index is -1.19. The van der Waals surface area contributed by atoms with Gasteiger partial charge in [0.15, 0.2) is 5.60 Å². The molecule has 13 heavy (non-hydrogen) atoms. The van der Waals surface area contributed by atoms with Gasteiger partial charge < -0.3 is 9.84 Å². The number of ether oxygens (including phenoxy) is 1. The van der Waals surface area contributed by atoms with Crippen molar-refractivity contribution in [1.29, 1.82) is 0 Å². The molecule has 0 aromatic carbocycles. The van der Waals surface area contributed by atoms with Crippen LogP contribution in [0.3, 0.4) is 0 Å². The molecule has 1 heterocycles. The zero-order chi connectivity index (χ0) is 9.90. The Balaban J connectivity index is 2.75. The zero-order valence-electron chi connectivity index (χ0n) is 7.57. The number of carboxylic acids is 1. The largest absolute Gasteiger partial charge is 0.479 e. The molecular weight excluding hydrogens is 172 g/mol. The first-order valence-corrected chi connectivity index (χ1v) is 3.85. The Morgan fingerprint density at radius 2 is 2.54 bits per heavy atom. The Bertz CT molecular complexity index is 284. The number of carboxylic acid groups (broad SMARTS) is 1. The Labute approximate surface area is 75.7 Å². The van der Waals surface area contributed by atoms with Crippen LogP contribution in [0, 0.1) is 0 Å². The molecule has 0 saturated heterocycles. The van der Waals surface area contributed by atoms with E-state index in [0.717, 1.165) is 5.69 Å². The van der Waals surface area contributed by atoms with Crippen molar-refractivity contribution in [3.8, 4) is 0 Å². The molecule has 0 saturated carbocycles. The molecule has 0 aliphatic rings. The summed E-state index contributed by atoms with van der Waals surface area (Å²) in [5.74, 6) is -0.982. The van der Waals surface area contributed by atoms with E-state index in [1.54, 1.807) is 12.3 Å². The highest BCUT2D eigenvalue weighted by atomic mass is 16.5. The fourth-order valence-electron chi connectivity index (χ4n) is 0.982. The van der Waals surface area contributed by atoms with Gasteiger partial charge in [-0.15, -0.1) is 0 Å². The van der Waals surface area contributed by atoms with Crippen molar-refractivity contribution in [3.63, 3.8) is 0 Å². The van der Waals surface area contributed by atoms with E-state index in [4.69, 9.17) is 9.84 Å². The lowest BCUT2D eigenvalue weighted by atomic mass is 10.0. The van der Waals surface area contributed by atoms with Gasteiger partial charge in [-0.1, -0.05) is 0 Å². The molecule has 1 aromatic heterocycles. The van der Waals surface area contributed by atoms with E-state index in [9.17, 15) is 4.79 Å². The van der Waals surface area contributed by atoms with Crippen molar-refractivity contribution >= 4 is 5.97 Å². The molecule has 1 aromatic rings. The maximum absolute atomic E-state index is 10.8. The summed E-state index contributed by atoms with van der Waals surface area (Å²) in [6, 6.07) is 1.72. The number of aliphatic carboxylic acids is 1. The second-order valence-corrected chi connectivity index (χ2v) is 3.00. The van der Waals surface area contributed by atoms with Crippen LogP contribution < -0.4 is 0 Å². The number of hydrogen-bond donors (Lipinski definition) is 2. The van der Waals surface area contributed by atoms with Gasteiger partial charge in [-0.05, 0) is 13.0 Å².